The van der Waals surface area contributed by atoms with Gasteiger partial charge in [-0.2, -0.15) is 8.78 Å². The van der Waals surface area contributed by atoms with E-state index >= 15 is 0 Å². The molecule has 0 heterocycles. The smallest absolute Gasteiger partial charge is 0.200 e. The zero-order valence-electron chi connectivity index (χ0n) is 70.0. The normalized spacial score (nSPS) is 25.2. The summed E-state index contributed by atoms with van der Waals surface area (Å²) < 4.78 is 149. The lowest BCUT2D eigenvalue weighted by Crippen LogP contribution is -2.27. The van der Waals surface area contributed by atoms with Crippen LogP contribution in [0.1, 0.15) is 257 Å². The summed E-state index contributed by atoms with van der Waals surface area (Å²) in [5.41, 5.74) is 6.81. The van der Waals surface area contributed by atoms with Gasteiger partial charge < -0.3 is 9.47 Å². The van der Waals surface area contributed by atoms with Gasteiger partial charge in [-0.05, 0) is 385 Å². The third kappa shape index (κ3) is 25.6. The Labute approximate surface area is 695 Å². The average Bonchev–Trinajstić information content (AvgIpc) is 0.819. The second-order valence-corrected chi connectivity index (χ2v) is 35.0. The highest BCUT2D eigenvalue weighted by molar-refractivity contribution is 5.66. The number of benzene rings is 7. The van der Waals surface area contributed by atoms with E-state index in [0.29, 0.717) is 92.9 Å². The van der Waals surface area contributed by atoms with E-state index in [-0.39, 0.29) is 24.8 Å². The molecule has 117 heavy (non-hydrogen) atoms. The third-order valence-corrected chi connectivity index (χ3v) is 27.6. The van der Waals surface area contributed by atoms with Gasteiger partial charge in [0.2, 0.25) is 11.6 Å². The van der Waals surface area contributed by atoms with Crippen molar-refractivity contribution in [1.29, 1.82) is 0 Å². The molecule has 0 aromatic heterocycles. The molecule has 12 heteroatoms. The molecule has 14 rings (SSSR count). The first-order chi connectivity index (χ1) is 56.0. The minimum atomic E-state index is -0.854. The van der Waals surface area contributed by atoms with Crippen molar-refractivity contribution < 1.29 is 53.4 Å². The number of halogens is 10. The fraction of sp³-hybridized carbons (Fsp3) is 0.505. The SMILES string of the molecule is C.C/C=C/C1CCC(C2CCC(COc3ccc(C)c(F)c3F)CC2)CC1.C=CC1CCC(C2CCC(COc3ccc(C)c(F)c3F)CC2)CC1.C=CC1CCC(C2CCC(c3ccc(C)c(F)c3F)CC2)CC1.C=CC1CCC(c2ccc(-c3ccc(C)c(F)c3F)cc2)CC1.C=CCCc1ccc(-c2ccc(C)c(F)c2F)cc1. The van der Waals surface area contributed by atoms with Gasteiger partial charge in [0.15, 0.2) is 58.0 Å². The highest BCUT2D eigenvalue weighted by Crippen LogP contribution is 2.48. The molecule has 0 bridgehead atoms. The Bertz CT molecular complexity index is 4290. The second-order valence-electron chi connectivity index (χ2n) is 35.0. The van der Waals surface area contributed by atoms with Crippen LogP contribution < -0.4 is 9.47 Å². The van der Waals surface area contributed by atoms with E-state index in [9.17, 15) is 43.9 Å². The molecular weight excluding hydrogens is 1480 g/mol. The highest BCUT2D eigenvalue weighted by atomic mass is 19.2. The van der Waals surface area contributed by atoms with E-state index in [4.69, 9.17) is 9.47 Å². The lowest BCUT2D eigenvalue weighted by molar-refractivity contribution is 0.127. The zero-order chi connectivity index (χ0) is 83.0. The molecule has 2 nitrogen and oxygen atoms in total. The monoisotopic (exact) mass is 1620 g/mol. The molecule has 0 spiro atoms. The molecular formula is C105H132F10O2. The standard InChI is InChI=1S/C23H32F2O.C22H30F2O.C21H28F2.C21H22F2.C17H16F2.CH4/c1-3-4-17-6-10-19(11-7-17)20-12-8-18(9-13-20)15-26-21-14-5-16(2)22(24)23(21)25;1-3-16-5-9-18(10-6-16)19-11-7-17(8-12-19)14-25-20-13-4-15(2)21(23)22(20)24;2*1-3-15-5-7-16(8-6-15)17-9-11-18(12-10-17)19-13-4-14(2)20(22)21(19)23;1-3-4-5-13-7-9-14(10-8-13)15-11-6-12(2)16(18)17(15)19;/h3-5,14,17-20H,6-13,15H2,1-2H3;3-4,13,16-19H,1,5-12,14H2,2H3;3-4,13,15-18H,1,5-12H2,2H3;3-4,9-13,15-16H,1,5-8H2,2H3;3,6-11H,1,4-5H2,2H3;1H4/b4-3+;;;;;. The first-order valence-corrected chi connectivity index (χ1v) is 43.8. The molecule has 7 saturated carbocycles. The zero-order valence-corrected chi connectivity index (χ0v) is 70.0. The summed E-state index contributed by atoms with van der Waals surface area (Å²) in [6.45, 7) is 26.4. The maximum Gasteiger partial charge on any atom is 0.200 e. The van der Waals surface area contributed by atoms with Gasteiger partial charge in [-0.25, -0.2) is 35.1 Å². The number of aryl methyl sites for hydroxylation is 6. The number of ether oxygens (including phenoxy) is 2. The van der Waals surface area contributed by atoms with Gasteiger partial charge in [0.05, 0.1) is 13.2 Å². The Morgan fingerprint density at radius 3 is 0.991 bits per heavy atom. The van der Waals surface area contributed by atoms with Crippen molar-refractivity contribution in [2.24, 2.45) is 71.0 Å². The molecule has 0 aliphatic heterocycles. The molecule has 0 atom stereocenters. The Morgan fingerprint density at radius 1 is 0.316 bits per heavy atom. The van der Waals surface area contributed by atoms with E-state index in [1.165, 1.54) is 153 Å². The number of rotatable bonds is 20. The predicted molar refractivity (Wildman–Crippen MR) is 465 cm³/mol. The van der Waals surface area contributed by atoms with Crippen molar-refractivity contribution in [3.63, 3.8) is 0 Å². The van der Waals surface area contributed by atoms with Gasteiger partial charge in [0.1, 0.15) is 0 Å². The van der Waals surface area contributed by atoms with Crippen LogP contribution in [0.5, 0.6) is 11.5 Å². The van der Waals surface area contributed by atoms with Crippen LogP contribution in [-0.2, 0) is 6.42 Å². The molecule has 0 radical (unpaired) electrons. The lowest BCUT2D eigenvalue weighted by Gasteiger charge is -2.37. The topological polar surface area (TPSA) is 18.5 Å². The number of hydrogen-bond donors (Lipinski definition) is 0. The van der Waals surface area contributed by atoms with E-state index in [1.54, 1.807) is 89.2 Å². The molecule has 7 aliphatic carbocycles. The van der Waals surface area contributed by atoms with E-state index in [0.717, 1.165) is 110 Å². The van der Waals surface area contributed by atoms with Gasteiger partial charge in [0.25, 0.3) is 0 Å². The summed E-state index contributed by atoms with van der Waals surface area (Å²) in [5, 5.41) is 0. The van der Waals surface area contributed by atoms with Gasteiger partial charge >= 0.3 is 0 Å². The second kappa shape index (κ2) is 46.1. The van der Waals surface area contributed by atoms with E-state index in [1.807, 2.05) is 42.5 Å². The van der Waals surface area contributed by atoms with Crippen LogP contribution in [0.15, 0.2) is 172 Å². The van der Waals surface area contributed by atoms with E-state index < -0.39 is 58.2 Å². The molecule has 0 amide bonds. The Morgan fingerprint density at radius 2 is 0.624 bits per heavy atom. The van der Waals surface area contributed by atoms with Crippen LogP contribution in [0.2, 0.25) is 0 Å². The molecule has 0 unspecified atom stereocenters. The Balaban J connectivity index is 0.000000167. The van der Waals surface area contributed by atoms with Crippen molar-refractivity contribution in [2.45, 2.75) is 253 Å². The summed E-state index contributed by atoms with van der Waals surface area (Å²) in [4.78, 5) is 0. The third-order valence-electron chi connectivity index (χ3n) is 27.6. The number of hydrogen-bond acceptors (Lipinski definition) is 2. The summed E-state index contributed by atoms with van der Waals surface area (Å²) in [6.07, 6.45) is 49.1. The molecule has 7 fully saturated rings. The fourth-order valence-electron chi connectivity index (χ4n) is 19.7. The van der Waals surface area contributed by atoms with Gasteiger partial charge in [-0.1, -0.05) is 141 Å². The summed E-state index contributed by atoms with van der Waals surface area (Å²) in [5.74, 6) is 2.15. The molecule has 0 saturated heterocycles. The van der Waals surface area contributed by atoms with Crippen LogP contribution in [0, 0.1) is 164 Å². The number of allylic oxidation sites excluding steroid dienone is 6. The predicted octanol–water partition coefficient (Wildman–Crippen LogP) is 31.9. The summed E-state index contributed by atoms with van der Waals surface area (Å²) in [7, 11) is 0. The van der Waals surface area contributed by atoms with Crippen LogP contribution >= 0.6 is 0 Å². The van der Waals surface area contributed by atoms with Crippen LogP contribution in [0.3, 0.4) is 0 Å². The Hall–Kier alpha value is -7.86. The Kier molecular flexibility index (Phi) is 36.6. The first kappa shape index (κ1) is 93.0. The molecule has 7 aromatic rings. The lowest BCUT2D eigenvalue weighted by atomic mass is 9.68. The molecule has 7 aliphatic rings. The maximum atomic E-state index is 14.2. The fourth-order valence-corrected chi connectivity index (χ4v) is 19.7. The van der Waals surface area contributed by atoms with Crippen LogP contribution in [0.4, 0.5) is 43.9 Å². The van der Waals surface area contributed by atoms with Crippen molar-refractivity contribution in [3.05, 3.63) is 275 Å². The van der Waals surface area contributed by atoms with Gasteiger partial charge in [-0.3, -0.25) is 0 Å². The quantitative estimate of drug-likeness (QED) is 0.0559. The highest BCUT2D eigenvalue weighted by Gasteiger charge is 2.35. The van der Waals surface area contributed by atoms with Gasteiger partial charge in [-0.15, -0.1) is 26.3 Å². The molecule has 7 aromatic carbocycles. The van der Waals surface area contributed by atoms with Gasteiger partial charge in [0, 0.05) is 11.1 Å². The van der Waals surface area contributed by atoms with Crippen molar-refractivity contribution in [1.82, 2.24) is 0 Å². The van der Waals surface area contributed by atoms with Crippen LogP contribution in [-0.4, -0.2) is 13.2 Å². The van der Waals surface area contributed by atoms with Crippen LogP contribution in [0.25, 0.3) is 22.3 Å². The minimum absolute atomic E-state index is 0. The van der Waals surface area contributed by atoms with Crippen molar-refractivity contribution >= 4 is 0 Å². The minimum Gasteiger partial charge on any atom is -0.490 e. The largest absolute Gasteiger partial charge is 0.490 e. The summed E-state index contributed by atoms with van der Waals surface area (Å²) in [6, 6.07) is 31.7. The van der Waals surface area contributed by atoms with E-state index in [2.05, 4.69) is 75.8 Å². The summed E-state index contributed by atoms with van der Waals surface area (Å²) >= 11 is 0. The molecule has 634 valence electrons. The first-order valence-electron chi connectivity index (χ1n) is 43.8. The maximum absolute atomic E-state index is 14.2. The van der Waals surface area contributed by atoms with Crippen molar-refractivity contribution in [3.8, 4) is 33.8 Å². The molecule has 0 N–H and O–H groups in total. The van der Waals surface area contributed by atoms with Crippen molar-refractivity contribution in [2.75, 3.05) is 13.2 Å². The average molecular weight is 1620 g/mol.